The number of hydrogen-bond donors (Lipinski definition) is 1. The van der Waals surface area contributed by atoms with Crippen LogP contribution in [0, 0.1) is 0 Å². The summed E-state index contributed by atoms with van der Waals surface area (Å²) >= 11 is 7.65. The molecule has 0 aliphatic rings. The topological polar surface area (TPSA) is 29.5 Å². The molecule has 2 nitrogen and oxygen atoms in total. The number of methoxy groups -OCH3 is 1. The summed E-state index contributed by atoms with van der Waals surface area (Å²) in [4.78, 5) is 1.09. The van der Waals surface area contributed by atoms with Gasteiger partial charge in [-0.2, -0.15) is 0 Å². The van der Waals surface area contributed by atoms with Gasteiger partial charge in [-0.1, -0.05) is 11.6 Å². The molecule has 2 aromatic carbocycles. The van der Waals surface area contributed by atoms with Gasteiger partial charge in [-0.25, -0.2) is 0 Å². The largest absolute Gasteiger partial charge is 0.508 e. The predicted octanol–water partition coefficient (Wildman–Crippen LogP) is 4.35. The van der Waals surface area contributed by atoms with E-state index in [1.807, 2.05) is 30.3 Å². The van der Waals surface area contributed by atoms with Crippen LogP contribution < -0.4 is 4.74 Å². The minimum atomic E-state index is 0.277. The molecule has 0 atom stereocenters. The highest BCUT2D eigenvalue weighted by Gasteiger charge is 2.04. The minimum absolute atomic E-state index is 0.277. The van der Waals surface area contributed by atoms with Gasteiger partial charge in [0.1, 0.15) is 11.5 Å². The fraction of sp³-hybridized carbons (Fsp3) is 0.143. The summed E-state index contributed by atoms with van der Waals surface area (Å²) < 4.78 is 5.30. The number of phenols is 1. The average Bonchev–Trinajstić information content (AvgIpc) is 2.38. The number of rotatable bonds is 4. The van der Waals surface area contributed by atoms with Crippen molar-refractivity contribution in [2.24, 2.45) is 0 Å². The zero-order valence-electron chi connectivity index (χ0n) is 9.89. The highest BCUT2D eigenvalue weighted by molar-refractivity contribution is 7.98. The number of phenolic OH excluding ortho intramolecular Hbond substituents is 1. The molecule has 0 radical (unpaired) electrons. The van der Waals surface area contributed by atoms with Gasteiger partial charge in [-0.05, 0) is 42.5 Å². The van der Waals surface area contributed by atoms with Crippen LogP contribution in [-0.4, -0.2) is 12.2 Å². The Hall–Kier alpha value is -1.32. The quantitative estimate of drug-likeness (QED) is 0.845. The summed E-state index contributed by atoms with van der Waals surface area (Å²) in [7, 11) is 1.65. The van der Waals surface area contributed by atoms with Crippen LogP contribution in [0.3, 0.4) is 0 Å². The molecule has 0 saturated heterocycles. The Kier molecular flexibility index (Phi) is 4.39. The van der Waals surface area contributed by atoms with Crippen molar-refractivity contribution >= 4 is 23.4 Å². The second-order valence-corrected chi connectivity index (χ2v) is 5.22. The van der Waals surface area contributed by atoms with Crippen molar-refractivity contribution in [3.63, 3.8) is 0 Å². The van der Waals surface area contributed by atoms with Crippen LogP contribution in [0.2, 0.25) is 5.02 Å². The predicted molar refractivity (Wildman–Crippen MR) is 75.7 cm³/mol. The molecule has 18 heavy (non-hydrogen) atoms. The first kappa shape index (κ1) is 13.1. The van der Waals surface area contributed by atoms with Gasteiger partial charge in [-0.3, -0.25) is 0 Å². The van der Waals surface area contributed by atoms with E-state index in [9.17, 15) is 5.11 Å². The first-order valence-electron chi connectivity index (χ1n) is 5.43. The number of aromatic hydroxyl groups is 1. The van der Waals surface area contributed by atoms with E-state index in [2.05, 4.69) is 0 Å². The van der Waals surface area contributed by atoms with E-state index in [0.717, 1.165) is 22.0 Å². The third kappa shape index (κ3) is 3.34. The molecule has 0 amide bonds. The van der Waals surface area contributed by atoms with Crippen molar-refractivity contribution in [3.8, 4) is 11.5 Å². The molecule has 4 heteroatoms. The van der Waals surface area contributed by atoms with E-state index >= 15 is 0 Å². The van der Waals surface area contributed by atoms with Gasteiger partial charge in [0.05, 0.1) is 7.11 Å². The monoisotopic (exact) mass is 280 g/mol. The van der Waals surface area contributed by atoms with E-state index in [1.54, 1.807) is 31.0 Å². The van der Waals surface area contributed by atoms with Crippen molar-refractivity contribution in [1.82, 2.24) is 0 Å². The molecule has 0 aliphatic heterocycles. The first-order valence-corrected chi connectivity index (χ1v) is 6.79. The lowest BCUT2D eigenvalue weighted by Gasteiger charge is -2.08. The molecule has 0 fully saturated rings. The molecule has 0 unspecified atom stereocenters. The van der Waals surface area contributed by atoms with Gasteiger partial charge in [0.25, 0.3) is 0 Å². The van der Waals surface area contributed by atoms with E-state index in [1.165, 1.54) is 0 Å². The van der Waals surface area contributed by atoms with Crippen molar-refractivity contribution < 1.29 is 9.84 Å². The second kappa shape index (κ2) is 6.03. The van der Waals surface area contributed by atoms with E-state index in [0.29, 0.717) is 5.02 Å². The molecule has 0 saturated carbocycles. The lowest BCUT2D eigenvalue weighted by atomic mass is 10.2. The van der Waals surface area contributed by atoms with Gasteiger partial charge in [0, 0.05) is 21.2 Å². The van der Waals surface area contributed by atoms with Crippen LogP contribution in [0.4, 0.5) is 0 Å². The number of ether oxygens (including phenoxy) is 1. The van der Waals surface area contributed by atoms with E-state index in [-0.39, 0.29) is 5.75 Å². The molecule has 0 aromatic heterocycles. The molecular formula is C14H13ClO2S. The van der Waals surface area contributed by atoms with Gasteiger partial charge in [0.2, 0.25) is 0 Å². The Morgan fingerprint density at radius 2 is 1.89 bits per heavy atom. The number of hydrogen-bond acceptors (Lipinski definition) is 3. The van der Waals surface area contributed by atoms with Crippen molar-refractivity contribution in [3.05, 3.63) is 53.1 Å². The molecule has 0 spiro atoms. The Balaban J connectivity index is 2.09. The maximum Gasteiger partial charge on any atom is 0.123 e. The van der Waals surface area contributed by atoms with Crippen molar-refractivity contribution in [2.45, 2.75) is 10.6 Å². The highest BCUT2D eigenvalue weighted by Crippen LogP contribution is 2.30. The summed E-state index contributed by atoms with van der Waals surface area (Å²) in [6.07, 6.45) is 0. The van der Waals surface area contributed by atoms with Gasteiger partial charge >= 0.3 is 0 Å². The van der Waals surface area contributed by atoms with Crippen molar-refractivity contribution in [2.75, 3.05) is 7.11 Å². The summed E-state index contributed by atoms with van der Waals surface area (Å²) in [5, 5.41) is 9.92. The van der Waals surface area contributed by atoms with Gasteiger partial charge in [-0.15, -0.1) is 11.8 Å². The Morgan fingerprint density at radius 3 is 2.56 bits per heavy atom. The maximum atomic E-state index is 9.21. The first-order chi connectivity index (χ1) is 8.69. The normalized spacial score (nSPS) is 10.3. The van der Waals surface area contributed by atoms with Crippen LogP contribution in [0.25, 0.3) is 0 Å². The van der Waals surface area contributed by atoms with Gasteiger partial charge < -0.3 is 9.84 Å². The smallest absolute Gasteiger partial charge is 0.123 e. The van der Waals surface area contributed by atoms with Crippen molar-refractivity contribution in [1.29, 1.82) is 0 Å². The number of halogens is 1. The second-order valence-electron chi connectivity index (χ2n) is 3.74. The molecule has 0 heterocycles. The molecular weight excluding hydrogens is 268 g/mol. The zero-order valence-corrected chi connectivity index (χ0v) is 11.5. The molecule has 2 aromatic rings. The third-order valence-corrected chi connectivity index (χ3v) is 3.77. The third-order valence-electron chi connectivity index (χ3n) is 2.47. The molecule has 0 bridgehead atoms. The van der Waals surface area contributed by atoms with Gasteiger partial charge in [0.15, 0.2) is 0 Å². The Bertz CT molecular complexity index is 526. The highest BCUT2D eigenvalue weighted by atomic mass is 35.5. The molecule has 2 rings (SSSR count). The van der Waals surface area contributed by atoms with E-state index in [4.69, 9.17) is 16.3 Å². The lowest BCUT2D eigenvalue weighted by molar-refractivity contribution is 0.411. The van der Waals surface area contributed by atoms with Crippen LogP contribution in [0.1, 0.15) is 5.56 Å². The zero-order chi connectivity index (χ0) is 13.0. The Morgan fingerprint density at radius 1 is 1.17 bits per heavy atom. The lowest BCUT2D eigenvalue weighted by Crippen LogP contribution is -1.90. The Labute approximate surface area is 116 Å². The maximum absolute atomic E-state index is 9.21. The molecule has 1 N–H and O–H groups in total. The van der Waals surface area contributed by atoms with E-state index < -0.39 is 0 Å². The minimum Gasteiger partial charge on any atom is -0.508 e. The standard InChI is InChI=1S/C14H13ClO2S/c1-17-14-7-2-11(15)8-10(14)9-18-13-5-3-12(16)4-6-13/h2-8,16H,9H2,1H3. The number of benzene rings is 2. The van der Waals surface area contributed by atoms with Crippen LogP contribution in [0.15, 0.2) is 47.4 Å². The average molecular weight is 281 g/mol. The van der Waals surface area contributed by atoms with Crippen LogP contribution >= 0.6 is 23.4 Å². The SMILES string of the molecule is COc1ccc(Cl)cc1CSc1ccc(O)cc1. The fourth-order valence-electron chi connectivity index (χ4n) is 1.56. The van der Waals surface area contributed by atoms with Crippen LogP contribution in [0.5, 0.6) is 11.5 Å². The van der Waals surface area contributed by atoms with Crippen LogP contribution in [-0.2, 0) is 5.75 Å². The number of thioether (sulfide) groups is 1. The summed E-state index contributed by atoms with van der Waals surface area (Å²) in [5.41, 5.74) is 1.06. The summed E-state index contributed by atoms with van der Waals surface area (Å²) in [6, 6.07) is 12.7. The summed E-state index contributed by atoms with van der Waals surface area (Å²) in [6.45, 7) is 0. The molecule has 0 aliphatic carbocycles. The fourth-order valence-corrected chi connectivity index (χ4v) is 2.63. The molecule has 94 valence electrons. The summed E-state index contributed by atoms with van der Waals surface area (Å²) in [5.74, 6) is 1.89.